The average Bonchev–Trinajstić information content (AvgIpc) is 2.83. The molecule has 0 saturated heterocycles. The van der Waals surface area contributed by atoms with E-state index >= 15 is 0 Å². The van der Waals surface area contributed by atoms with Gasteiger partial charge in [-0.05, 0) is 12.1 Å². The Bertz CT molecular complexity index is 650. The number of carbonyl (C=O) groups is 1. The Balaban J connectivity index is 2.14. The monoisotopic (exact) mass is 288 g/mol. The van der Waals surface area contributed by atoms with E-state index in [0.717, 1.165) is 5.56 Å². The summed E-state index contributed by atoms with van der Waals surface area (Å²) in [5, 5.41) is 4.08. The Labute approximate surface area is 123 Å². The minimum absolute atomic E-state index is 0.0769. The van der Waals surface area contributed by atoms with Crippen LogP contribution in [0.25, 0.3) is 0 Å². The molecule has 0 fully saturated rings. The molecule has 1 aromatic carbocycles. The molecule has 1 heterocycles. The standard InChI is InChI=1S/C14H16N4OS/c1-17(8-10-7-16-18(2)9-10)14(19)12-5-3-4-11(6-12)13(15)20/h3-7,9H,8H2,1-2H3,(H2,15,20). The van der Waals surface area contributed by atoms with Crippen molar-refractivity contribution in [2.75, 3.05) is 7.05 Å². The molecule has 0 radical (unpaired) electrons. The highest BCUT2D eigenvalue weighted by atomic mass is 32.1. The lowest BCUT2D eigenvalue weighted by Crippen LogP contribution is -2.26. The number of aromatic nitrogens is 2. The van der Waals surface area contributed by atoms with Gasteiger partial charge in [0.25, 0.3) is 5.91 Å². The van der Waals surface area contributed by atoms with E-state index in [1.54, 1.807) is 47.1 Å². The van der Waals surface area contributed by atoms with Gasteiger partial charge in [-0.3, -0.25) is 9.48 Å². The van der Waals surface area contributed by atoms with E-state index in [2.05, 4.69) is 5.10 Å². The SMILES string of the molecule is CN(Cc1cnn(C)c1)C(=O)c1cccc(C(N)=S)c1. The number of nitrogens with zero attached hydrogens (tertiary/aromatic N) is 3. The predicted octanol–water partition coefficient (Wildman–Crippen LogP) is 1.33. The van der Waals surface area contributed by atoms with Gasteiger partial charge in [0.05, 0.1) is 6.20 Å². The smallest absolute Gasteiger partial charge is 0.253 e. The van der Waals surface area contributed by atoms with Gasteiger partial charge in [-0.15, -0.1) is 0 Å². The molecule has 0 aliphatic heterocycles. The zero-order valence-corrected chi connectivity index (χ0v) is 12.2. The fourth-order valence-electron chi connectivity index (χ4n) is 1.93. The lowest BCUT2D eigenvalue weighted by Gasteiger charge is -2.16. The summed E-state index contributed by atoms with van der Waals surface area (Å²) in [6.45, 7) is 0.504. The van der Waals surface area contributed by atoms with Gasteiger partial charge in [0.15, 0.2) is 0 Å². The van der Waals surface area contributed by atoms with Gasteiger partial charge >= 0.3 is 0 Å². The summed E-state index contributed by atoms with van der Waals surface area (Å²) in [6, 6.07) is 7.04. The molecule has 104 valence electrons. The molecule has 0 aliphatic carbocycles. The molecule has 0 saturated carbocycles. The molecule has 1 amide bonds. The molecular formula is C14H16N4OS. The number of rotatable bonds is 4. The van der Waals surface area contributed by atoms with Gasteiger partial charge in [0.1, 0.15) is 4.99 Å². The van der Waals surface area contributed by atoms with Gasteiger partial charge in [-0.2, -0.15) is 5.10 Å². The van der Waals surface area contributed by atoms with E-state index in [1.807, 2.05) is 13.2 Å². The topological polar surface area (TPSA) is 64.2 Å². The van der Waals surface area contributed by atoms with Gasteiger partial charge in [0.2, 0.25) is 0 Å². The molecule has 6 heteroatoms. The van der Waals surface area contributed by atoms with Crippen LogP contribution in [-0.4, -0.2) is 32.6 Å². The molecule has 5 nitrogen and oxygen atoms in total. The highest BCUT2D eigenvalue weighted by Gasteiger charge is 2.13. The quantitative estimate of drug-likeness (QED) is 0.862. The second kappa shape index (κ2) is 5.83. The van der Waals surface area contributed by atoms with Crippen LogP contribution in [-0.2, 0) is 13.6 Å². The maximum atomic E-state index is 12.3. The Morgan fingerprint density at radius 3 is 2.75 bits per heavy atom. The Morgan fingerprint density at radius 2 is 2.15 bits per heavy atom. The molecule has 0 spiro atoms. The molecule has 1 aromatic heterocycles. The molecular weight excluding hydrogens is 272 g/mol. The van der Waals surface area contributed by atoms with Crippen LogP contribution in [0.4, 0.5) is 0 Å². The van der Waals surface area contributed by atoms with Crippen LogP contribution in [0.3, 0.4) is 0 Å². The van der Waals surface area contributed by atoms with Crippen molar-refractivity contribution in [3.8, 4) is 0 Å². The fraction of sp³-hybridized carbons (Fsp3) is 0.214. The third kappa shape index (κ3) is 3.21. The van der Waals surface area contributed by atoms with Crippen LogP contribution in [0.2, 0.25) is 0 Å². The minimum Gasteiger partial charge on any atom is -0.389 e. The first-order chi connectivity index (χ1) is 9.47. The number of hydrogen-bond donors (Lipinski definition) is 1. The first-order valence-electron chi connectivity index (χ1n) is 6.10. The Hall–Kier alpha value is -2.21. The summed E-state index contributed by atoms with van der Waals surface area (Å²) in [6.07, 6.45) is 3.63. The summed E-state index contributed by atoms with van der Waals surface area (Å²) in [4.78, 5) is 14.3. The zero-order valence-electron chi connectivity index (χ0n) is 11.4. The first-order valence-corrected chi connectivity index (χ1v) is 6.51. The van der Waals surface area contributed by atoms with Crippen LogP contribution < -0.4 is 5.73 Å². The third-order valence-corrected chi connectivity index (χ3v) is 3.15. The van der Waals surface area contributed by atoms with Crippen molar-refractivity contribution < 1.29 is 4.79 Å². The Kier molecular flexibility index (Phi) is 4.14. The van der Waals surface area contributed by atoms with Crippen molar-refractivity contribution in [3.63, 3.8) is 0 Å². The lowest BCUT2D eigenvalue weighted by atomic mass is 10.1. The van der Waals surface area contributed by atoms with Crippen LogP contribution in [0.5, 0.6) is 0 Å². The second-order valence-electron chi connectivity index (χ2n) is 4.63. The second-order valence-corrected chi connectivity index (χ2v) is 5.07. The van der Waals surface area contributed by atoms with Gasteiger partial charge < -0.3 is 10.6 Å². The van der Waals surface area contributed by atoms with E-state index in [4.69, 9.17) is 18.0 Å². The third-order valence-electron chi connectivity index (χ3n) is 2.92. The van der Waals surface area contributed by atoms with Crippen molar-refractivity contribution in [3.05, 3.63) is 53.3 Å². The molecule has 0 bridgehead atoms. The highest BCUT2D eigenvalue weighted by Crippen LogP contribution is 2.10. The summed E-state index contributed by atoms with van der Waals surface area (Å²) in [7, 11) is 3.60. The molecule has 2 rings (SSSR count). The Morgan fingerprint density at radius 1 is 1.45 bits per heavy atom. The van der Waals surface area contributed by atoms with Crippen molar-refractivity contribution in [2.24, 2.45) is 12.8 Å². The van der Waals surface area contributed by atoms with E-state index in [0.29, 0.717) is 17.7 Å². The van der Waals surface area contributed by atoms with Crippen molar-refractivity contribution >= 4 is 23.1 Å². The number of thiocarbonyl (C=S) groups is 1. The lowest BCUT2D eigenvalue weighted by molar-refractivity contribution is 0.0785. The zero-order chi connectivity index (χ0) is 14.7. The number of amides is 1. The molecule has 0 aliphatic rings. The average molecular weight is 288 g/mol. The maximum Gasteiger partial charge on any atom is 0.253 e. The minimum atomic E-state index is -0.0769. The van der Waals surface area contributed by atoms with Crippen LogP contribution in [0.1, 0.15) is 21.5 Å². The van der Waals surface area contributed by atoms with Crippen molar-refractivity contribution in [2.45, 2.75) is 6.54 Å². The van der Waals surface area contributed by atoms with E-state index in [1.165, 1.54) is 0 Å². The first kappa shape index (κ1) is 14.2. The molecule has 0 atom stereocenters. The van der Waals surface area contributed by atoms with Gasteiger partial charge in [0, 0.05) is 43.5 Å². The van der Waals surface area contributed by atoms with Crippen LogP contribution in [0.15, 0.2) is 36.7 Å². The fourth-order valence-corrected chi connectivity index (χ4v) is 2.05. The molecule has 20 heavy (non-hydrogen) atoms. The number of benzene rings is 1. The highest BCUT2D eigenvalue weighted by molar-refractivity contribution is 7.80. The van der Waals surface area contributed by atoms with E-state index < -0.39 is 0 Å². The molecule has 2 N–H and O–H groups in total. The number of nitrogens with two attached hydrogens (primary N) is 1. The largest absolute Gasteiger partial charge is 0.389 e. The normalized spacial score (nSPS) is 10.3. The van der Waals surface area contributed by atoms with E-state index in [-0.39, 0.29) is 10.9 Å². The van der Waals surface area contributed by atoms with Crippen molar-refractivity contribution in [1.82, 2.24) is 14.7 Å². The molecule has 2 aromatic rings. The van der Waals surface area contributed by atoms with Crippen molar-refractivity contribution in [1.29, 1.82) is 0 Å². The summed E-state index contributed by atoms with van der Waals surface area (Å²) in [5.74, 6) is -0.0769. The van der Waals surface area contributed by atoms with Crippen LogP contribution >= 0.6 is 12.2 Å². The van der Waals surface area contributed by atoms with Crippen LogP contribution in [0, 0.1) is 0 Å². The molecule has 0 unspecified atom stereocenters. The van der Waals surface area contributed by atoms with Gasteiger partial charge in [-0.1, -0.05) is 24.4 Å². The van der Waals surface area contributed by atoms with E-state index in [9.17, 15) is 4.79 Å². The van der Waals surface area contributed by atoms with Gasteiger partial charge in [-0.25, -0.2) is 0 Å². The summed E-state index contributed by atoms with van der Waals surface area (Å²) >= 11 is 4.92. The summed E-state index contributed by atoms with van der Waals surface area (Å²) in [5.41, 5.74) is 7.83. The predicted molar refractivity (Wildman–Crippen MR) is 81.3 cm³/mol. The number of hydrogen-bond acceptors (Lipinski definition) is 3. The number of carbonyl (C=O) groups excluding carboxylic acids is 1. The number of aryl methyl sites for hydroxylation is 1. The maximum absolute atomic E-state index is 12.3. The summed E-state index contributed by atoms with van der Waals surface area (Å²) < 4.78 is 1.71.